The molecule has 4 amide bonds. The third-order valence-electron chi connectivity index (χ3n) is 7.63. The maximum Gasteiger partial charge on any atom is 0.322 e. The predicted octanol–water partition coefficient (Wildman–Crippen LogP) is 2.90. The molecule has 6 rings (SSSR count). The second-order valence-corrected chi connectivity index (χ2v) is 10.7. The van der Waals surface area contributed by atoms with Crippen molar-refractivity contribution in [3.8, 4) is 0 Å². The zero-order valence-corrected chi connectivity index (χ0v) is 26.8. The van der Waals surface area contributed by atoms with Gasteiger partial charge < -0.3 is 30.7 Å². The number of carbonyl (C=O) groups is 6. The molecule has 2 atom stereocenters. The normalized spacial score (nSPS) is 15.0. The molecule has 0 bridgehead atoms. The second kappa shape index (κ2) is 14.9. The highest BCUT2D eigenvalue weighted by molar-refractivity contribution is 6.17. The molecule has 4 N–H and O–H groups in total. The Bertz CT molecular complexity index is 2010. The summed E-state index contributed by atoms with van der Waals surface area (Å²) in [6.07, 6.45) is 5.61. The Morgan fingerprint density at radius 1 is 0.692 bits per heavy atom. The topological polar surface area (TPSA) is 281 Å². The molecule has 0 saturated carbocycles. The van der Waals surface area contributed by atoms with Crippen LogP contribution in [-0.2, 0) is 28.7 Å². The number of rotatable bonds is 8. The van der Waals surface area contributed by atoms with E-state index < -0.39 is 68.6 Å². The number of benzene rings is 2. The van der Waals surface area contributed by atoms with Gasteiger partial charge in [-0.15, -0.1) is 0 Å². The van der Waals surface area contributed by atoms with Crippen molar-refractivity contribution < 1.29 is 48.1 Å². The van der Waals surface area contributed by atoms with E-state index in [1.165, 1.54) is 55.1 Å². The third-order valence-corrected chi connectivity index (χ3v) is 7.63. The highest BCUT2D eigenvalue weighted by Crippen LogP contribution is 2.41. The van der Waals surface area contributed by atoms with Crippen molar-refractivity contribution >= 4 is 69.7 Å². The van der Waals surface area contributed by atoms with Gasteiger partial charge in [0.1, 0.15) is 11.4 Å². The number of amides is 4. The van der Waals surface area contributed by atoms with Gasteiger partial charge in [-0.2, -0.15) is 0 Å². The molecule has 4 aromatic rings. The number of hydrogen-bond acceptors (Lipinski definition) is 14. The molecule has 0 saturated heterocycles. The van der Waals surface area contributed by atoms with Crippen LogP contribution >= 0.6 is 0 Å². The number of ether oxygens (including phenoxy) is 2. The molecule has 0 fully saturated rings. The maximum atomic E-state index is 12.2. The minimum absolute atomic E-state index is 0.110. The fourth-order valence-electron chi connectivity index (χ4n) is 5.19. The molecular formula is C32H24N8O12. The molecule has 2 aliphatic rings. The van der Waals surface area contributed by atoms with E-state index in [1.807, 2.05) is 0 Å². The van der Waals surface area contributed by atoms with Crippen molar-refractivity contribution in [1.29, 1.82) is 0 Å². The number of nitro groups is 2. The minimum atomic E-state index is -1.29. The van der Waals surface area contributed by atoms with Gasteiger partial charge in [-0.3, -0.25) is 59.0 Å². The molecule has 0 radical (unpaired) electrons. The van der Waals surface area contributed by atoms with Gasteiger partial charge in [-0.05, 0) is 36.4 Å². The van der Waals surface area contributed by atoms with E-state index in [0.717, 1.165) is 26.4 Å². The zero-order chi connectivity index (χ0) is 37.7. The van der Waals surface area contributed by atoms with Crippen LogP contribution in [0.1, 0.15) is 43.7 Å². The summed E-state index contributed by atoms with van der Waals surface area (Å²) in [5, 5.41) is 32.5. The summed E-state index contributed by atoms with van der Waals surface area (Å²) in [5.74, 6) is -6.74. The summed E-state index contributed by atoms with van der Waals surface area (Å²) in [6, 6.07) is 10.6. The summed E-state index contributed by atoms with van der Waals surface area (Å²) in [7, 11) is 2.23. The first-order valence-corrected chi connectivity index (χ1v) is 14.7. The average molecular weight is 713 g/mol. The number of carbonyl (C=O) groups excluding carboxylic acids is 6. The van der Waals surface area contributed by atoms with Gasteiger partial charge >= 0.3 is 11.9 Å². The van der Waals surface area contributed by atoms with Crippen LogP contribution in [0.15, 0.2) is 73.3 Å². The molecule has 0 spiro atoms. The summed E-state index contributed by atoms with van der Waals surface area (Å²) >= 11 is 0. The Kier molecular flexibility index (Phi) is 10.2. The van der Waals surface area contributed by atoms with Crippen LogP contribution < -0.4 is 21.3 Å². The van der Waals surface area contributed by atoms with E-state index in [2.05, 4.69) is 40.7 Å². The maximum absolute atomic E-state index is 12.2. The molecule has 2 aliphatic heterocycles. The van der Waals surface area contributed by atoms with E-state index in [1.54, 1.807) is 6.07 Å². The lowest BCUT2D eigenvalue weighted by Crippen LogP contribution is -2.21. The van der Waals surface area contributed by atoms with Gasteiger partial charge in [0.25, 0.3) is 23.2 Å². The second-order valence-electron chi connectivity index (χ2n) is 10.7. The van der Waals surface area contributed by atoms with Gasteiger partial charge in [-0.1, -0.05) is 0 Å². The molecule has 2 aromatic heterocycles. The largest absolute Gasteiger partial charge is 0.468 e. The first-order valence-electron chi connectivity index (χ1n) is 14.7. The monoisotopic (exact) mass is 712 g/mol. The smallest absolute Gasteiger partial charge is 0.322 e. The predicted molar refractivity (Wildman–Crippen MR) is 177 cm³/mol. The average Bonchev–Trinajstić information content (AvgIpc) is 3.64. The number of esters is 2. The number of hydrogen-bond donors (Lipinski definition) is 4. The Balaban J connectivity index is 0.000000201. The van der Waals surface area contributed by atoms with Crippen LogP contribution in [0.5, 0.6) is 0 Å². The number of pyridine rings is 2. The van der Waals surface area contributed by atoms with Gasteiger partial charge in [0, 0.05) is 65.0 Å². The van der Waals surface area contributed by atoms with Gasteiger partial charge in [0.15, 0.2) is 11.8 Å². The Hall–Kier alpha value is -7.64. The van der Waals surface area contributed by atoms with Crippen molar-refractivity contribution in [2.75, 3.05) is 35.5 Å². The molecule has 264 valence electrons. The summed E-state index contributed by atoms with van der Waals surface area (Å²) in [6.45, 7) is 0. The highest BCUT2D eigenvalue weighted by atomic mass is 16.6. The van der Waals surface area contributed by atoms with Crippen molar-refractivity contribution in [3.05, 3.63) is 116 Å². The first kappa shape index (κ1) is 35.7. The highest BCUT2D eigenvalue weighted by Gasteiger charge is 2.41. The number of fused-ring (bicyclic) bond motifs is 2. The fraction of sp³-hybridized carbons (Fsp3) is 0.125. The molecule has 2 unspecified atom stereocenters. The number of nitrogens with zero attached hydrogens (tertiary/aromatic N) is 4. The standard InChI is InChI=1S/2C16H12N4O6/c1-26-16(23)13-9-6-12(20(24)25)11(7-10(9)18-15(13)22)19-14(21)8-2-4-17-5-3-8;1-26-16(23)13-9-5-12(20(24)25)11(6-10(9)18-15(13)22)19-14(21)8-3-2-4-17-7-8/h2*2-7,13H,1H3,(H,18,22)(H,19,21). The summed E-state index contributed by atoms with van der Waals surface area (Å²) < 4.78 is 9.14. The van der Waals surface area contributed by atoms with Crippen LogP contribution in [0.25, 0.3) is 0 Å². The van der Waals surface area contributed by atoms with Crippen LogP contribution in [0.4, 0.5) is 34.1 Å². The first-order chi connectivity index (χ1) is 24.8. The molecule has 20 heteroatoms. The lowest BCUT2D eigenvalue weighted by atomic mass is 9.99. The molecule has 4 heterocycles. The minimum Gasteiger partial charge on any atom is -0.468 e. The summed E-state index contributed by atoms with van der Waals surface area (Å²) in [4.78, 5) is 101. The van der Waals surface area contributed by atoms with Gasteiger partial charge in [0.2, 0.25) is 11.8 Å². The molecule has 0 aliphatic carbocycles. The fourth-order valence-corrected chi connectivity index (χ4v) is 5.19. The van der Waals surface area contributed by atoms with Crippen LogP contribution in [-0.4, -0.2) is 69.6 Å². The zero-order valence-electron chi connectivity index (χ0n) is 26.8. The summed E-state index contributed by atoms with van der Waals surface area (Å²) in [5.41, 5.74) is -0.0373. The van der Waals surface area contributed by atoms with Crippen molar-refractivity contribution in [2.24, 2.45) is 0 Å². The van der Waals surface area contributed by atoms with Crippen molar-refractivity contribution in [2.45, 2.75) is 11.8 Å². The molecule has 20 nitrogen and oxygen atoms in total. The third kappa shape index (κ3) is 7.19. The Labute approximate surface area is 290 Å². The number of aromatic nitrogens is 2. The Morgan fingerprint density at radius 3 is 1.56 bits per heavy atom. The number of anilines is 4. The van der Waals surface area contributed by atoms with Crippen LogP contribution in [0.3, 0.4) is 0 Å². The van der Waals surface area contributed by atoms with E-state index in [9.17, 15) is 49.0 Å². The Morgan fingerprint density at radius 2 is 1.15 bits per heavy atom. The van der Waals surface area contributed by atoms with E-state index >= 15 is 0 Å². The lowest BCUT2D eigenvalue weighted by molar-refractivity contribution is -0.384. The lowest BCUT2D eigenvalue weighted by Gasteiger charge is -2.10. The van der Waals surface area contributed by atoms with E-state index in [4.69, 9.17) is 0 Å². The quantitative estimate of drug-likeness (QED) is 0.0885. The van der Waals surface area contributed by atoms with Crippen molar-refractivity contribution in [3.63, 3.8) is 0 Å². The number of nitro benzene ring substituents is 2. The molecule has 52 heavy (non-hydrogen) atoms. The number of nitrogens with one attached hydrogen (secondary N) is 4. The van der Waals surface area contributed by atoms with E-state index in [-0.39, 0.29) is 45.0 Å². The van der Waals surface area contributed by atoms with E-state index in [0.29, 0.717) is 0 Å². The van der Waals surface area contributed by atoms with Gasteiger partial charge in [0.05, 0.1) is 29.6 Å². The molecular weight excluding hydrogens is 688 g/mol. The number of methoxy groups -OCH3 is 2. The molecule has 2 aromatic carbocycles. The van der Waals surface area contributed by atoms with Gasteiger partial charge in [-0.25, -0.2) is 0 Å². The SMILES string of the molecule is COC(=O)C1C(=O)Nc2cc(NC(=O)c3cccnc3)c([N+](=O)[O-])cc21.COC(=O)C1C(=O)Nc2cc(NC(=O)c3ccncc3)c([N+](=O)[O-])cc21. The van der Waals surface area contributed by atoms with Crippen LogP contribution in [0, 0.1) is 20.2 Å². The van der Waals surface area contributed by atoms with Crippen LogP contribution in [0.2, 0.25) is 0 Å². The van der Waals surface area contributed by atoms with Crippen molar-refractivity contribution in [1.82, 2.24) is 9.97 Å².